The Morgan fingerprint density at radius 2 is 1.71 bits per heavy atom. The number of allylic oxidation sites excluding steroid dienone is 2. The van der Waals surface area contributed by atoms with Crippen LogP contribution in [0.2, 0.25) is 0 Å². The molecule has 17 heavy (non-hydrogen) atoms. The number of carbonyl (C=O) groups is 1. The predicted molar refractivity (Wildman–Crippen MR) is 61.6 cm³/mol. The second kappa shape index (κ2) is 5.21. The molecule has 0 aliphatic heterocycles. The molecule has 3 heteroatoms. The van der Waals surface area contributed by atoms with Crippen LogP contribution >= 0.6 is 0 Å². The van der Waals surface area contributed by atoms with Gasteiger partial charge < -0.3 is 0 Å². The second-order valence-corrected chi connectivity index (χ2v) is 4.35. The molecule has 0 saturated heterocycles. The lowest BCUT2D eigenvalue weighted by Crippen LogP contribution is -1.99. The molecule has 0 bridgehead atoms. The largest absolute Gasteiger partial charge is 0.295 e. The molecule has 90 valence electrons. The van der Waals surface area contributed by atoms with E-state index < -0.39 is 11.6 Å². The molecule has 0 saturated carbocycles. The molecular weight excluding hydrogens is 222 g/mol. The fourth-order valence-corrected chi connectivity index (χ4v) is 2.09. The second-order valence-electron chi connectivity index (χ2n) is 4.35. The number of hydrogen-bond acceptors (Lipinski definition) is 1. The molecule has 1 aromatic carbocycles. The first-order chi connectivity index (χ1) is 8.16. The predicted octanol–water partition coefficient (Wildman–Crippen LogP) is 3.58. The highest BCUT2D eigenvalue weighted by atomic mass is 19.1. The summed E-state index contributed by atoms with van der Waals surface area (Å²) in [5.74, 6) is -1.01. The molecule has 1 aromatic rings. The Morgan fingerprint density at radius 3 is 2.41 bits per heavy atom. The lowest BCUT2D eigenvalue weighted by atomic mass is 10.0. The van der Waals surface area contributed by atoms with Crippen LogP contribution in [0, 0.1) is 11.6 Å². The lowest BCUT2D eigenvalue weighted by molar-refractivity contribution is -0.114. The molecule has 0 radical (unpaired) electrons. The summed E-state index contributed by atoms with van der Waals surface area (Å²) in [4.78, 5) is 11.4. The molecule has 0 N–H and O–H groups in total. The van der Waals surface area contributed by atoms with Gasteiger partial charge in [-0.3, -0.25) is 4.79 Å². The maximum absolute atomic E-state index is 13.5. The fraction of sp³-hybridized carbons (Fsp3) is 0.357. The summed E-state index contributed by atoms with van der Waals surface area (Å²) in [7, 11) is 0. The topological polar surface area (TPSA) is 17.1 Å². The van der Waals surface area contributed by atoms with Crippen LogP contribution < -0.4 is 0 Å². The van der Waals surface area contributed by atoms with Crippen molar-refractivity contribution < 1.29 is 13.6 Å². The summed E-state index contributed by atoms with van der Waals surface area (Å²) in [5.41, 5.74) is 0.893. The van der Waals surface area contributed by atoms with E-state index in [0.29, 0.717) is 6.42 Å². The quantitative estimate of drug-likeness (QED) is 0.767. The highest BCUT2D eigenvalue weighted by Gasteiger charge is 2.13. The Hall–Kier alpha value is -1.51. The van der Waals surface area contributed by atoms with Crippen LogP contribution in [0.15, 0.2) is 29.8 Å². The molecule has 0 aromatic heterocycles. The molecule has 1 nitrogen and oxygen atoms in total. The standard InChI is InChI=1S/C14H14F2O/c15-13-6-3-7-14(16)12(13)9-10-4-1-2-5-11(17)8-10/h3,6-8H,1-2,4-5,9H2. The van der Waals surface area contributed by atoms with E-state index in [4.69, 9.17) is 0 Å². The molecule has 0 heterocycles. The number of ketones is 1. The first kappa shape index (κ1) is 12.0. The van der Waals surface area contributed by atoms with Crippen molar-refractivity contribution in [2.45, 2.75) is 32.1 Å². The molecular formula is C14H14F2O. The molecule has 1 aliphatic rings. The molecule has 1 aliphatic carbocycles. The minimum Gasteiger partial charge on any atom is -0.295 e. The van der Waals surface area contributed by atoms with Crippen LogP contribution in [-0.2, 0) is 11.2 Å². The summed E-state index contributed by atoms with van der Waals surface area (Å²) < 4.78 is 26.9. The van der Waals surface area contributed by atoms with E-state index in [2.05, 4.69) is 0 Å². The van der Waals surface area contributed by atoms with Crippen molar-refractivity contribution in [1.29, 1.82) is 0 Å². The van der Waals surface area contributed by atoms with Gasteiger partial charge in [-0.1, -0.05) is 11.6 Å². The molecule has 0 spiro atoms. The van der Waals surface area contributed by atoms with Crippen molar-refractivity contribution >= 4 is 5.78 Å². The number of halogens is 2. The van der Waals surface area contributed by atoms with E-state index in [1.807, 2.05) is 0 Å². The van der Waals surface area contributed by atoms with E-state index in [1.165, 1.54) is 18.2 Å². The Balaban J connectivity index is 2.22. The van der Waals surface area contributed by atoms with Gasteiger partial charge in [-0.25, -0.2) is 8.78 Å². The van der Waals surface area contributed by atoms with Crippen LogP contribution in [0.4, 0.5) is 8.78 Å². The molecule has 0 atom stereocenters. The van der Waals surface area contributed by atoms with Gasteiger partial charge in [-0.2, -0.15) is 0 Å². The van der Waals surface area contributed by atoms with Gasteiger partial charge in [0, 0.05) is 12.0 Å². The number of rotatable bonds is 2. The highest BCUT2D eigenvalue weighted by molar-refractivity contribution is 5.90. The van der Waals surface area contributed by atoms with Crippen molar-refractivity contribution in [3.05, 3.63) is 47.0 Å². The summed E-state index contributed by atoms with van der Waals surface area (Å²) in [6, 6.07) is 3.84. The molecule has 0 unspecified atom stereocenters. The Bertz CT molecular complexity index is 443. The van der Waals surface area contributed by atoms with Gasteiger partial charge in [0.2, 0.25) is 0 Å². The van der Waals surface area contributed by atoms with Crippen molar-refractivity contribution in [2.75, 3.05) is 0 Å². The minimum absolute atomic E-state index is 0.0634. The minimum atomic E-state index is -0.539. The van der Waals surface area contributed by atoms with Gasteiger partial charge in [0.25, 0.3) is 0 Å². The Kier molecular flexibility index (Phi) is 3.67. The first-order valence-corrected chi connectivity index (χ1v) is 5.82. The van der Waals surface area contributed by atoms with Crippen LogP contribution in [0.25, 0.3) is 0 Å². The van der Waals surface area contributed by atoms with Crippen molar-refractivity contribution in [3.63, 3.8) is 0 Å². The van der Waals surface area contributed by atoms with E-state index in [1.54, 1.807) is 6.08 Å². The Morgan fingerprint density at radius 1 is 1.06 bits per heavy atom. The number of carbonyl (C=O) groups excluding carboxylic acids is 1. The van der Waals surface area contributed by atoms with Gasteiger partial charge in [-0.05, 0) is 43.9 Å². The maximum Gasteiger partial charge on any atom is 0.155 e. The number of benzene rings is 1. The normalized spacial score (nSPS) is 16.6. The smallest absolute Gasteiger partial charge is 0.155 e. The Labute approximate surface area is 99.1 Å². The SMILES string of the molecule is O=C1C=C(Cc2c(F)cccc2F)CCCC1. The molecule has 0 fully saturated rings. The van der Waals surface area contributed by atoms with E-state index in [-0.39, 0.29) is 17.8 Å². The van der Waals surface area contributed by atoms with Crippen molar-refractivity contribution in [2.24, 2.45) is 0 Å². The summed E-state index contributed by atoms with van der Waals surface area (Å²) in [6.07, 6.45) is 4.82. The zero-order chi connectivity index (χ0) is 12.3. The summed E-state index contributed by atoms with van der Waals surface area (Å²) >= 11 is 0. The van der Waals surface area contributed by atoms with Gasteiger partial charge in [0.15, 0.2) is 5.78 Å². The fourth-order valence-electron chi connectivity index (χ4n) is 2.09. The lowest BCUT2D eigenvalue weighted by Gasteiger charge is -2.07. The van der Waals surface area contributed by atoms with Gasteiger partial charge in [0.1, 0.15) is 11.6 Å². The third-order valence-corrected chi connectivity index (χ3v) is 3.00. The van der Waals surface area contributed by atoms with E-state index in [9.17, 15) is 13.6 Å². The van der Waals surface area contributed by atoms with Crippen LogP contribution in [0.3, 0.4) is 0 Å². The molecule has 0 amide bonds. The zero-order valence-electron chi connectivity index (χ0n) is 9.51. The van der Waals surface area contributed by atoms with Crippen LogP contribution in [0.5, 0.6) is 0 Å². The van der Waals surface area contributed by atoms with Crippen molar-refractivity contribution in [1.82, 2.24) is 0 Å². The third kappa shape index (κ3) is 2.99. The third-order valence-electron chi connectivity index (χ3n) is 3.00. The average Bonchev–Trinajstić information content (AvgIpc) is 2.48. The summed E-state index contributed by atoms with van der Waals surface area (Å²) in [5, 5.41) is 0. The van der Waals surface area contributed by atoms with Crippen molar-refractivity contribution in [3.8, 4) is 0 Å². The maximum atomic E-state index is 13.5. The average molecular weight is 236 g/mol. The van der Waals surface area contributed by atoms with E-state index >= 15 is 0 Å². The number of hydrogen-bond donors (Lipinski definition) is 0. The van der Waals surface area contributed by atoms with Crippen LogP contribution in [-0.4, -0.2) is 5.78 Å². The van der Waals surface area contributed by atoms with Gasteiger partial charge in [-0.15, -0.1) is 0 Å². The van der Waals surface area contributed by atoms with Crippen LogP contribution in [0.1, 0.15) is 31.2 Å². The summed E-state index contributed by atoms with van der Waals surface area (Å²) in [6.45, 7) is 0. The van der Waals surface area contributed by atoms with Gasteiger partial charge in [0.05, 0.1) is 0 Å². The zero-order valence-corrected chi connectivity index (χ0v) is 9.51. The van der Waals surface area contributed by atoms with E-state index in [0.717, 1.165) is 24.8 Å². The first-order valence-electron chi connectivity index (χ1n) is 5.82. The monoisotopic (exact) mass is 236 g/mol. The highest BCUT2D eigenvalue weighted by Crippen LogP contribution is 2.22. The van der Waals surface area contributed by atoms with Gasteiger partial charge >= 0.3 is 0 Å². The molecule has 2 rings (SSSR count).